The average Bonchev–Trinajstić information content (AvgIpc) is 2.96. The Hall–Kier alpha value is -4.42. The van der Waals surface area contributed by atoms with Gasteiger partial charge in [-0.3, -0.25) is 0 Å². The van der Waals surface area contributed by atoms with E-state index in [-0.39, 0.29) is 0 Å². The van der Waals surface area contributed by atoms with Gasteiger partial charge >= 0.3 is 0 Å². The molecule has 0 bridgehead atoms. The van der Waals surface area contributed by atoms with E-state index in [0.717, 1.165) is 6.42 Å². The number of hydrogen-bond acceptors (Lipinski definition) is 0. The highest BCUT2D eigenvalue weighted by atomic mass is 14.3. The number of allylic oxidation sites excluding steroid dienone is 8. The molecule has 0 radical (unpaired) electrons. The van der Waals surface area contributed by atoms with Gasteiger partial charge in [0.15, 0.2) is 0 Å². The summed E-state index contributed by atoms with van der Waals surface area (Å²) in [5.74, 6) is 0.446. The normalized spacial score (nSPS) is 16.6. The largest absolute Gasteiger partial charge is 0.0767 e. The van der Waals surface area contributed by atoms with Crippen LogP contribution in [0.2, 0.25) is 0 Å². The van der Waals surface area contributed by atoms with Crippen LogP contribution in [-0.4, -0.2) is 0 Å². The minimum atomic E-state index is 0.446. The summed E-state index contributed by atoms with van der Waals surface area (Å²) in [6.07, 6.45) is 14.6. The highest BCUT2D eigenvalue weighted by molar-refractivity contribution is 6.19. The molecule has 0 amide bonds. The molecule has 0 fully saturated rings. The molecule has 0 aromatic heterocycles. The van der Waals surface area contributed by atoms with Gasteiger partial charge in [-0.05, 0) is 73.0 Å². The van der Waals surface area contributed by atoms with Gasteiger partial charge in [0.2, 0.25) is 0 Å². The first-order valence-electron chi connectivity index (χ1n) is 12.7. The molecule has 0 spiro atoms. The van der Waals surface area contributed by atoms with Crippen molar-refractivity contribution in [1.29, 1.82) is 0 Å². The van der Waals surface area contributed by atoms with Crippen molar-refractivity contribution in [1.82, 2.24) is 0 Å². The molecule has 5 aromatic rings. The molecule has 0 heterocycles. The number of hydrogen-bond donors (Lipinski definition) is 0. The van der Waals surface area contributed by atoms with E-state index in [1.807, 2.05) is 0 Å². The quantitative estimate of drug-likeness (QED) is 0.236. The standard InChI is InChI=1S/C36H26/c1-3-11-25(12-4-1)29-21-22-33-34(24-29)35(27-14-5-2-6-15-27)31-17-9-10-18-32(31)36(33)30-20-19-26-13-7-8-16-28(26)23-30/h1-22,24,28H,23H2. The maximum absolute atomic E-state index is 2.40. The van der Waals surface area contributed by atoms with E-state index >= 15 is 0 Å². The summed E-state index contributed by atoms with van der Waals surface area (Å²) in [7, 11) is 0. The second kappa shape index (κ2) is 8.66. The van der Waals surface area contributed by atoms with Crippen molar-refractivity contribution in [3.05, 3.63) is 151 Å². The molecule has 2 aliphatic rings. The zero-order valence-corrected chi connectivity index (χ0v) is 20.1. The van der Waals surface area contributed by atoms with Gasteiger partial charge in [0.05, 0.1) is 0 Å². The SMILES string of the molecule is C1=CC2=CC=C(c3c4ccccc4c(-c4ccccc4)c4cc(-c5ccccc5)ccc34)CC2C=C1. The van der Waals surface area contributed by atoms with Crippen molar-refractivity contribution in [3.8, 4) is 22.3 Å². The van der Waals surface area contributed by atoms with Crippen molar-refractivity contribution >= 4 is 27.1 Å². The third-order valence-electron chi connectivity index (χ3n) is 7.60. The van der Waals surface area contributed by atoms with Gasteiger partial charge < -0.3 is 0 Å². The first-order chi connectivity index (χ1) is 17.9. The lowest BCUT2D eigenvalue weighted by Gasteiger charge is -2.25. The Balaban J connectivity index is 1.58. The highest BCUT2D eigenvalue weighted by Crippen LogP contribution is 2.45. The Morgan fingerprint density at radius 1 is 0.500 bits per heavy atom. The predicted molar refractivity (Wildman–Crippen MR) is 155 cm³/mol. The van der Waals surface area contributed by atoms with Crippen LogP contribution in [0.3, 0.4) is 0 Å². The summed E-state index contributed by atoms with van der Waals surface area (Å²) in [6.45, 7) is 0. The molecule has 0 saturated heterocycles. The second-order valence-electron chi connectivity index (χ2n) is 9.70. The Morgan fingerprint density at radius 3 is 1.94 bits per heavy atom. The van der Waals surface area contributed by atoms with Gasteiger partial charge in [0.1, 0.15) is 0 Å². The van der Waals surface area contributed by atoms with Crippen molar-refractivity contribution in [2.24, 2.45) is 5.92 Å². The lowest BCUT2D eigenvalue weighted by molar-refractivity contribution is 0.794. The van der Waals surface area contributed by atoms with Crippen molar-refractivity contribution < 1.29 is 0 Å². The second-order valence-corrected chi connectivity index (χ2v) is 9.70. The summed E-state index contributed by atoms with van der Waals surface area (Å²) >= 11 is 0. The van der Waals surface area contributed by atoms with Crippen LogP contribution in [0.4, 0.5) is 0 Å². The number of rotatable bonds is 3. The molecule has 0 N–H and O–H groups in total. The van der Waals surface area contributed by atoms with Gasteiger partial charge in [-0.25, -0.2) is 0 Å². The lowest BCUT2D eigenvalue weighted by atomic mass is 9.78. The van der Waals surface area contributed by atoms with E-state index in [2.05, 4.69) is 140 Å². The van der Waals surface area contributed by atoms with E-state index in [9.17, 15) is 0 Å². The van der Waals surface area contributed by atoms with Crippen LogP contribution in [0.15, 0.2) is 145 Å². The number of benzene rings is 5. The van der Waals surface area contributed by atoms with Crippen LogP contribution in [0.25, 0.3) is 49.4 Å². The van der Waals surface area contributed by atoms with Crippen LogP contribution in [-0.2, 0) is 0 Å². The van der Waals surface area contributed by atoms with Crippen molar-refractivity contribution in [3.63, 3.8) is 0 Å². The Labute approximate surface area is 212 Å². The highest BCUT2D eigenvalue weighted by Gasteiger charge is 2.23. The zero-order valence-electron chi connectivity index (χ0n) is 20.1. The van der Waals surface area contributed by atoms with Gasteiger partial charge in [0.25, 0.3) is 0 Å². The van der Waals surface area contributed by atoms with E-state index < -0.39 is 0 Å². The molecular weight excluding hydrogens is 432 g/mol. The fourth-order valence-electron chi connectivity index (χ4n) is 5.90. The lowest BCUT2D eigenvalue weighted by Crippen LogP contribution is -2.07. The molecule has 0 heteroatoms. The van der Waals surface area contributed by atoms with Crippen LogP contribution >= 0.6 is 0 Å². The maximum atomic E-state index is 2.40. The van der Waals surface area contributed by atoms with E-state index in [4.69, 9.17) is 0 Å². The Kier molecular flexibility index (Phi) is 5.03. The monoisotopic (exact) mass is 458 g/mol. The molecule has 0 nitrogen and oxygen atoms in total. The molecule has 170 valence electrons. The van der Waals surface area contributed by atoms with Gasteiger partial charge in [-0.2, -0.15) is 0 Å². The van der Waals surface area contributed by atoms with Gasteiger partial charge in [-0.1, -0.05) is 134 Å². The molecule has 0 aliphatic heterocycles. The minimum absolute atomic E-state index is 0.446. The van der Waals surface area contributed by atoms with Crippen molar-refractivity contribution in [2.75, 3.05) is 0 Å². The van der Waals surface area contributed by atoms with Crippen LogP contribution in [0, 0.1) is 5.92 Å². The predicted octanol–water partition coefficient (Wildman–Crippen LogP) is 9.78. The molecule has 7 rings (SSSR count). The van der Waals surface area contributed by atoms with Crippen LogP contribution in [0.1, 0.15) is 12.0 Å². The van der Waals surface area contributed by atoms with Crippen LogP contribution < -0.4 is 0 Å². The fourth-order valence-corrected chi connectivity index (χ4v) is 5.90. The number of fused-ring (bicyclic) bond motifs is 3. The fraction of sp³-hybridized carbons (Fsp3) is 0.0556. The average molecular weight is 459 g/mol. The molecule has 1 unspecified atom stereocenters. The Morgan fingerprint density at radius 2 is 1.17 bits per heavy atom. The summed E-state index contributed by atoms with van der Waals surface area (Å²) in [5.41, 5.74) is 9.27. The molecule has 0 saturated carbocycles. The third kappa shape index (κ3) is 3.46. The topological polar surface area (TPSA) is 0 Å². The molecular formula is C36H26. The molecule has 2 aliphatic carbocycles. The van der Waals surface area contributed by atoms with E-state index in [1.54, 1.807) is 0 Å². The van der Waals surface area contributed by atoms with E-state index in [0.29, 0.717) is 5.92 Å². The smallest absolute Gasteiger partial charge is 0.00617 e. The van der Waals surface area contributed by atoms with Crippen LogP contribution in [0.5, 0.6) is 0 Å². The summed E-state index contributed by atoms with van der Waals surface area (Å²) in [5, 5.41) is 5.28. The van der Waals surface area contributed by atoms with Gasteiger partial charge in [0, 0.05) is 5.92 Å². The summed E-state index contributed by atoms with van der Waals surface area (Å²) in [6, 6.07) is 37.6. The molecule has 1 atom stereocenters. The van der Waals surface area contributed by atoms with Crippen molar-refractivity contribution in [2.45, 2.75) is 6.42 Å². The molecule has 5 aromatic carbocycles. The molecule has 36 heavy (non-hydrogen) atoms. The third-order valence-corrected chi connectivity index (χ3v) is 7.60. The van der Waals surface area contributed by atoms with E-state index in [1.165, 1.54) is 60.5 Å². The minimum Gasteiger partial charge on any atom is -0.0767 e. The Bertz CT molecular complexity index is 1730. The zero-order chi connectivity index (χ0) is 23.9. The first-order valence-corrected chi connectivity index (χ1v) is 12.7. The first kappa shape index (κ1) is 20.9. The van der Waals surface area contributed by atoms with Gasteiger partial charge in [-0.15, -0.1) is 0 Å². The summed E-state index contributed by atoms with van der Waals surface area (Å²) < 4.78 is 0. The maximum Gasteiger partial charge on any atom is 0.00617 e. The summed E-state index contributed by atoms with van der Waals surface area (Å²) in [4.78, 5) is 0.